The lowest BCUT2D eigenvalue weighted by molar-refractivity contribution is -0.142. The monoisotopic (exact) mass is 323 g/mol. The summed E-state index contributed by atoms with van der Waals surface area (Å²) in [5, 5.41) is 9.55. The van der Waals surface area contributed by atoms with E-state index in [4.69, 9.17) is 0 Å². The maximum atomic E-state index is 13.3. The van der Waals surface area contributed by atoms with E-state index in [0.717, 1.165) is 18.0 Å². The zero-order valence-electron chi connectivity index (χ0n) is 10.0. The summed E-state index contributed by atoms with van der Waals surface area (Å²) in [6.45, 7) is 0. The van der Waals surface area contributed by atoms with Crippen molar-refractivity contribution < 1.29 is 26.7 Å². The van der Waals surface area contributed by atoms with Crippen LogP contribution in [0.3, 0.4) is 0 Å². The molecule has 1 saturated heterocycles. The molecule has 1 aliphatic rings. The van der Waals surface area contributed by atoms with E-state index >= 15 is 0 Å². The fraction of sp³-hybridized carbons (Fsp3) is 0.182. The molecule has 0 spiro atoms. The van der Waals surface area contributed by atoms with Gasteiger partial charge in [0, 0.05) is 5.56 Å². The predicted octanol–water partition coefficient (Wildman–Crippen LogP) is 2.54. The van der Waals surface area contributed by atoms with E-state index in [0.29, 0.717) is 12.1 Å². The van der Waals surface area contributed by atoms with Crippen molar-refractivity contribution in [2.45, 2.75) is 6.18 Å². The van der Waals surface area contributed by atoms with Crippen LogP contribution in [0.1, 0.15) is 11.1 Å². The van der Waals surface area contributed by atoms with Gasteiger partial charge in [-0.3, -0.25) is 4.79 Å². The molecule has 112 valence electrons. The number of alkyl halides is 3. The Labute approximate surface area is 119 Å². The number of halogens is 5. The van der Waals surface area contributed by atoms with Gasteiger partial charge in [-0.05, 0) is 12.1 Å². The standard InChI is InChI=1S/C11H6F5N3OS/c12-6-1-5(2-7(13)9(6)11(14,15)16)3-17-19-10-18-8(20)4-21-10/h1-3H,4H2,(H,18,19,20). The Balaban J connectivity index is 2.21. The second kappa shape index (κ2) is 5.80. The second-order valence-electron chi connectivity index (χ2n) is 3.84. The summed E-state index contributed by atoms with van der Waals surface area (Å²) in [5.41, 5.74) is -2.18. The van der Waals surface area contributed by atoms with E-state index in [1.165, 1.54) is 0 Å². The molecule has 4 nitrogen and oxygen atoms in total. The molecule has 1 aromatic rings. The number of carbonyl (C=O) groups is 1. The van der Waals surface area contributed by atoms with Crippen molar-refractivity contribution in [1.82, 2.24) is 5.32 Å². The summed E-state index contributed by atoms with van der Waals surface area (Å²) >= 11 is 1.08. The molecule has 1 aliphatic heterocycles. The number of amidine groups is 1. The minimum Gasteiger partial charge on any atom is -0.303 e. The summed E-state index contributed by atoms with van der Waals surface area (Å²) in [7, 11) is 0. The summed E-state index contributed by atoms with van der Waals surface area (Å²) in [4.78, 5) is 10.8. The van der Waals surface area contributed by atoms with Gasteiger partial charge >= 0.3 is 6.18 Å². The number of hydrogen-bond donors (Lipinski definition) is 1. The van der Waals surface area contributed by atoms with Crippen LogP contribution in [0.15, 0.2) is 22.3 Å². The van der Waals surface area contributed by atoms with Crippen molar-refractivity contribution in [1.29, 1.82) is 0 Å². The van der Waals surface area contributed by atoms with Crippen molar-refractivity contribution in [3.63, 3.8) is 0 Å². The Kier molecular flexibility index (Phi) is 4.26. The van der Waals surface area contributed by atoms with Crippen molar-refractivity contribution in [2.24, 2.45) is 10.2 Å². The molecule has 1 N–H and O–H groups in total. The largest absolute Gasteiger partial charge is 0.422 e. The van der Waals surface area contributed by atoms with Crippen molar-refractivity contribution >= 4 is 29.1 Å². The van der Waals surface area contributed by atoms with Crippen LogP contribution >= 0.6 is 11.8 Å². The quantitative estimate of drug-likeness (QED) is 0.517. The molecule has 0 unspecified atom stereocenters. The van der Waals surface area contributed by atoms with E-state index in [1.54, 1.807) is 0 Å². The SMILES string of the molecule is O=C1CSC(=NN=Cc2cc(F)c(C(F)(F)F)c(F)c2)N1. The van der Waals surface area contributed by atoms with Gasteiger partial charge in [-0.1, -0.05) is 11.8 Å². The molecule has 1 heterocycles. The number of nitrogens with zero attached hydrogens (tertiary/aromatic N) is 2. The normalized spacial score (nSPS) is 17.8. The van der Waals surface area contributed by atoms with Crippen LogP contribution in [-0.4, -0.2) is 23.0 Å². The van der Waals surface area contributed by atoms with Crippen LogP contribution < -0.4 is 5.32 Å². The van der Waals surface area contributed by atoms with Crippen LogP contribution in [-0.2, 0) is 11.0 Å². The van der Waals surface area contributed by atoms with E-state index < -0.39 is 23.4 Å². The summed E-state index contributed by atoms with van der Waals surface area (Å²) in [6.07, 6.45) is -4.24. The molecule has 1 fully saturated rings. The topological polar surface area (TPSA) is 53.8 Å². The van der Waals surface area contributed by atoms with Gasteiger partial charge in [0.05, 0.1) is 12.0 Å². The van der Waals surface area contributed by atoms with Crippen LogP contribution in [0.4, 0.5) is 22.0 Å². The lowest BCUT2D eigenvalue weighted by Gasteiger charge is -2.09. The molecule has 1 amide bonds. The van der Waals surface area contributed by atoms with Gasteiger partial charge in [0.25, 0.3) is 0 Å². The molecule has 0 aromatic heterocycles. The molecule has 2 rings (SSSR count). The molecular formula is C11H6F5N3OS. The van der Waals surface area contributed by atoms with Crippen LogP contribution in [0.25, 0.3) is 0 Å². The molecule has 21 heavy (non-hydrogen) atoms. The molecule has 1 aromatic carbocycles. The third-order valence-corrected chi connectivity index (χ3v) is 3.15. The lowest BCUT2D eigenvalue weighted by atomic mass is 10.1. The third-order valence-electron chi connectivity index (χ3n) is 2.29. The highest BCUT2D eigenvalue weighted by Crippen LogP contribution is 2.33. The number of nitrogens with one attached hydrogen (secondary N) is 1. The molecule has 0 saturated carbocycles. The Bertz CT molecular complexity index is 618. The molecule has 0 bridgehead atoms. The van der Waals surface area contributed by atoms with E-state index in [2.05, 4.69) is 15.5 Å². The zero-order chi connectivity index (χ0) is 15.6. The van der Waals surface area contributed by atoms with Gasteiger partial charge < -0.3 is 5.32 Å². The highest BCUT2D eigenvalue weighted by atomic mass is 32.2. The van der Waals surface area contributed by atoms with Crippen LogP contribution in [0, 0.1) is 11.6 Å². The van der Waals surface area contributed by atoms with Gasteiger partial charge in [0.1, 0.15) is 17.2 Å². The third kappa shape index (κ3) is 3.78. The first-order valence-corrected chi connectivity index (χ1v) is 6.36. The van der Waals surface area contributed by atoms with Gasteiger partial charge in [-0.25, -0.2) is 8.78 Å². The zero-order valence-corrected chi connectivity index (χ0v) is 10.9. The highest BCUT2D eigenvalue weighted by Gasteiger charge is 2.37. The van der Waals surface area contributed by atoms with E-state index in [1.807, 2.05) is 0 Å². The minimum absolute atomic E-state index is 0.178. The molecular weight excluding hydrogens is 317 g/mol. The van der Waals surface area contributed by atoms with Crippen LogP contribution in [0.2, 0.25) is 0 Å². The minimum atomic E-state index is -5.12. The highest BCUT2D eigenvalue weighted by molar-refractivity contribution is 8.15. The Morgan fingerprint density at radius 1 is 1.24 bits per heavy atom. The van der Waals surface area contributed by atoms with Gasteiger partial charge in [-0.2, -0.15) is 18.3 Å². The average Bonchev–Trinajstić information content (AvgIpc) is 2.72. The predicted molar refractivity (Wildman–Crippen MR) is 67.0 cm³/mol. The van der Waals surface area contributed by atoms with Gasteiger partial charge in [0.15, 0.2) is 5.17 Å². The summed E-state index contributed by atoms with van der Waals surface area (Å²) in [6, 6.07) is 0.992. The number of rotatable bonds is 2. The average molecular weight is 323 g/mol. The van der Waals surface area contributed by atoms with Gasteiger partial charge in [-0.15, -0.1) is 5.10 Å². The van der Waals surface area contributed by atoms with E-state index in [-0.39, 0.29) is 22.4 Å². The number of carbonyl (C=O) groups excluding carboxylic acids is 1. The number of thioether (sulfide) groups is 1. The summed E-state index contributed by atoms with van der Waals surface area (Å²) < 4.78 is 63.6. The number of hydrogen-bond acceptors (Lipinski definition) is 4. The second-order valence-corrected chi connectivity index (χ2v) is 4.81. The number of amides is 1. The first kappa shape index (κ1) is 15.4. The van der Waals surface area contributed by atoms with Crippen LogP contribution in [0.5, 0.6) is 0 Å². The van der Waals surface area contributed by atoms with Crippen molar-refractivity contribution in [3.05, 3.63) is 34.9 Å². The first-order valence-electron chi connectivity index (χ1n) is 5.37. The van der Waals surface area contributed by atoms with Crippen molar-refractivity contribution in [2.75, 3.05) is 5.75 Å². The molecule has 0 aliphatic carbocycles. The Morgan fingerprint density at radius 3 is 2.33 bits per heavy atom. The lowest BCUT2D eigenvalue weighted by Crippen LogP contribution is -2.19. The Morgan fingerprint density at radius 2 is 1.86 bits per heavy atom. The summed E-state index contributed by atoms with van der Waals surface area (Å²) in [5.74, 6) is -3.56. The Hall–Kier alpha value is -1.97. The molecule has 10 heteroatoms. The maximum absolute atomic E-state index is 13.3. The van der Waals surface area contributed by atoms with Crippen molar-refractivity contribution in [3.8, 4) is 0 Å². The molecule has 0 radical (unpaired) electrons. The smallest absolute Gasteiger partial charge is 0.303 e. The fourth-order valence-corrected chi connectivity index (χ4v) is 2.10. The van der Waals surface area contributed by atoms with E-state index in [9.17, 15) is 26.7 Å². The maximum Gasteiger partial charge on any atom is 0.422 e. The number of benzene rings is 1. The molecule has 0 atom stereocenters. The van der Waals surface area contributed by atoms with Gasteiger partial charge in [0.2, 0.25) is 5.91 Å². The fourth-order valence-electron chi connectivity index (χ4n) is 1.47. The first-order chi connectivity index (χ1) is 9.77.